The van der Waals surface area contributed by atoms with Crippen LogP contribution in [0.25, 0.3) is 0 Å². The fraction of sp³-hybridized carbons (Fsp3) is 0.538. The number of carbonyl (C=O) groups is 2. The van der Waals surface area contributed by atoms with Gasteiger partial charge < -0.3 is 15.7 Å². The Bertz CT molecular complexity index is 496. The smallest absolute Gasteiger partial charge is 0.254 e. The van der Waals surface area contributed by atoms with Gasteiger partial charge in [0, 0.05) is 18.3 Å². The number of aliphatic hydroxyl groups excluding tert-OH is 1. The number of nitrogens with one attached hydrogen (secondary N) is 2. The van der Waals surface area contributed by atoms with E-state index in [2.05, 4.69) is 10.6 Å². The molecule has 0 aliphatic heterocycles. The summed E-state index contributed by atoms with van der Waals surface area (Å²) in [5.41, 5.74) is 1.65. The Morgan fingerprint density at radius 1 is 1.32 bits per heavy atom. The molecule has 3 N–H and O–H groups in total. The maximum Gasteiger partial charge on any atom is 0.254 e. The van der Waals surface area contributed by atoms with Gasteiger partial charge in [0.05, 0.1) is 12.2 Å². The van der Waals surface area contributed by atoms with Crippen LogP contribution in [0.2, 0.25) is 0 Å². The third-order valence-corrected chi connectivity index (χ3v) is 4.29. The number of fused-ring (bicyclic) bond motifs is 1. The van der Waals surface area contributed by atoms with E-state index in [0.717, 1.165) is 31.2 Å². The van der Waals surface area contributed by atoms with E-state index in [1.165, 1.54) is 23.1 Å². The lowest BCUT2D eigenvalue weighted by Gasteiger charge is -2.12. The van der Waals surface area contributed by atoms with Crippen LogP contribution in [0.3, 0.4) is 0 Å². The number of aryl methyl sites for hydroxylation is 1. The van der Waals surface area contributed by atoms with Gasteiger partial charge in [-0.25, -0.2) is 0 Å². The minimum atomic E-state index is -0.211. The first-order valence-corrected chi connectivity index (χ1v) is 7.26. The number of hydrogen-bond donors (Lipinski definition) is 3. The van der Waals surface area contributed by atoms with Gasteiger partial charge in [0.1, 0.15) is 5.00 Å². The molecule has 104 valence electrons. The minimum absolute atomic E-state index is 0.0897. The van der Waals surface area contributed by atoms with E-state index >= 15 is 0 Å². The molecule has 1 heterocycles. The molecule has 1 aromatic heterocycles. The molecule has 0 spiro atoms. The normalized spacial score (nSPS) is 13.8. The summed E-state index contributed by atoms with van der Waals surface area (Å²) in [7, 11) is 0. The Labute approximate surface area is 116 Å². The Morgan fingerprint density at radius 2 is 2.05 bits per heavy atom. The van der Waals surface area contributed by atoms with Crippen LogP contribution in [0.1, 0.15) is 40.6 Å². The van der Waals surface area contributed by atoms with Crippen molar-refractivity contribution in [2.75, 3.05) is 18.5 Å². The third-order valence-electron chi connectivity index (χ3n) is 3.09. The molecule has 2 amide bonds. The zero-order chi connectivity index (χ0) is 13.8. The summed E-state index contributed by atoms with van der Waals surface area (Å²) in [5, 5.41) is 14.8. The van der Waals surface area contributed by atoms with Crippen molar-refractivity contribution < 1.29 is 14.7 Å². The first-order chi connectivity index (χ1) is 9.13. The average molecular weight is 282 g/mol. The predicted octanol–water partition coefficient (Wildman–Crippen LogP) is 1.31. The lowest BCUT2D eigenvalue weighted by Crippen LogP contribution is -2.28. The van der Waals surface area contributed by atoms with Gasteiger partial charge in [0.15, 0.2) is 0 Å². The molecule has 6 heteroatoms. The highest BCUT2D eigenvalue weighted by Gasteiger charge is 2.25. The molecule has 0 saturated heterocycles. The van der Waals surface area contributed by atoms with Crippen LogP contribution in [-0.2, 0) is 17.6 Å². The number of amides is 2. The minimum Gasteiger partial charge on any atom is -0.395 e. The second-order valence-electron chi connectivity index (χ2n) is 4.58. The Morgan fingerprint density at radius 3 is 2.74 bits per heavy atom. The lowest BCUT2D eigenvalue weighted by molar-refractivity contribution is -0.114. The molecule has 0 radical (unpaired) electrons. The SMILES string of the molecule is CC(=O)Nc1sc2c(c1C(=O)NCCO)CCCC2. The fourth-order valence-electron chi connectivity index (χ4n) is 2.31. The quantitative estimate of drug-likeness (QED) is 0.779. The molecular formula is C13H18N2O3S. The van der Waals surface area contributed by atoms with Crippen LogP contribution >= 0.6 is 11.3 Å². The number of anilines is 1. The van der Waals surface area contributed by atoms with Crippen LogP contribution in [0.4, 0.5) is 5.00 Å². The summed E-state index contributed by atoms with van der Waals surface area (Å²) in [4.78, 5) is 24.6. The number of aliphatic hydroxyl groups is 1. The first kappa shape index (κ1) is 14.0. The van der Waals surface area contributed by atoms with Crippen LogP contribution in [0.5, 0.6) is 0 Å². The maximum absolute atomic E-state index is 12.2. The van der Waals surface area contributed by atoms with Gasteiger partial charge in [-0.1, -0.05) is 0 Å². The zero-order valence-corrected chi connectivity index (χ0v) is 11.7. The molecule has 1 aliphatic rings. The van der Waals surface area contributed by atoms with E-state index in [1.54, 1.807) is 0 Å². The molecular weight excluding hydrogens is 264 g/mol. The van der Waals surface area contributed by atoms with Crippen molar-refractivity contribution in [1.29, 1.82) is 0 Å². The standard InChI is InChI=1S/C13H18N2O3S/c1-8(17)15-13-11(12(18)14-6-7-16)9-4-2-3-5-10(9)19-13/h16H,2-7H2,1H3,(H,14,18)(H,15,17). The lowest BCUT2D eigenvalue weighted by atomic mass is 9.95. The topological polar surface area (TPSA) is 78.4 Å². The summed E-state index contributed by atoms with van der Waals surface area (Å²) < 4.78 is 0. The Hall–Kier alpha value is -1.40. The largest absolute Gasteiger partial charge is 0.395 e. The summed E-state index contributed by atoms with van der Waals surface area (Å²) in [6.07, 6.45) is 4.06. The Balaban J connectivity index is 2.33. The van der Waals surface area contributed by atoms with Gasteiger partial charge in [-0.05, 0) is 31.2 Å². The van der Waals surface area contributed by atoms with E-state index in [-0.39, 0.29) is 25.0 Å². The summed E-state index contributed by atoms with van der Waals surface area (Å²) >= 11 is 1.50. The van der Waals surface area contributed by atoms with Crippen molar-refractivity contribution in [3.05, 3.63) is 16.0 Å². The molecule has 0 bridgehead atoms. The number of carbonyl (C=O) groups excluding carboxylic acids is 2. The molecule has 1 aromatic rings. The highest BCUT2D eigenvalue weighted by molar-refractivity contribution is 7.17. The summed E-state index contributed by atoms with van der Waals surface area (Å²) in [6, 6.07) is 0. The van der Waals surface area contributed by atoms with E-state index in [9.17, 15) is 9.59 Å². The molecule has 1 aliphatic carbocycles. The number of hydrogen-bond acceptors (Lipinski definition) is 4. The van der Waals surface area contributed by atoms with E-state index < -0.39 is 0 Å². The van der Waals surface area contributed by atoms with Gasteiger partial charge >= 0.3 is 0 Å². The summed E-state index contributed by atoms with van der Waals surface area (Å²) in [5.74, 6) is -0.382. The second-order valence-corrected chi connectivity index (χ2v) is 5.68. The van der Waals surface area contributed by atoms with Gasteiger partial charge in [0.25, 0.3) is 5.91 Å². The van der Waals surface area contributed by atoms with Gasteiger partial charge in [-0.15, -0.1) is 11.3 Å². The van der Waals surface area contributed by atoms with Crippen molar-refractivity contribution in [2.24, 2.45) is 0 Å². The number of rotatable bonds is 4. The summed E-state index contributed by atoms with van der Waals surface area (Å²) in [6.45, 7) is 1.57. The third kappa shape index (κ3) is 3.13. The number of thiophene rings is 1. The van der Waals surface area contributed by atoms with Gasteiger partial charge in [-0.3, -0.25) is 9.59 Å². The molecule has 19 heavy (non-hydrogen) atoms. The molecule has 0 aromatic carbocycles. The van der Waals surface area contributed by atoms with Gasteiger partial charge in [0.2, 0.25) is 5.91 Å². The van der Waals surface area contributed by atoms with Gasteiger partial charge in [-0.2, -0.15) is 0 Å². The molecule has 0 fully saturated rings. The maximum atomic E-state index is 12.2. The van der Waals surface area contributed by atoms with E-state index in [4.69, 9.17) is 5.11 Å². The van der Waals surface area contributed by atoms with Crippen LogP contribution in [-0.4, -0.2) is 30.1 Å². The monoisotopic (exact) mass is 282 g/mol. The Kier molecular flexibility index (Phi) is 4.55. The highest BCUT2D eigenvalue weighted by Crippen LogP contribution is 2.38. The van der Waals surface area contributed by atoms with Crippen molar-refractivity contribution in [3.8, 4) is 0 Å². The van der Waals surface area contributed by atoms with Crippen molar-refractivity contribution >= 4 is 28.2 Å². The van der Waals surface area contributed by atoms with Crippen LogP contribution in [0.15, 0.2) is 0 Å². The average Bonchev–Trinajstić information content (AvgIpc) is 2.72. The second kappa shape index (κ2) is 6.16. The van der Waals surface area contributed by atoms with Crippen molar-refractivity contribution in [2.45, 2.75) is 32.6 Å². The van der Waals surface area contributed by atoms with Crippen molar-refractivity contribution in [3.63, 3.8) is 0 Å². The molecule has 0 unspecified atom stereocenters. The first-order valence-electron chi connectivity index (χ1n) is 6.44. The van der Waals surface area contributed by atoms with E-state index in [1.807, 2.05) is 0 Å². The predicted molar refractivity (Wildman–Crippen MR) is 74.7 cm³/mol. The van der Waals surface area contributed by atoms with E-state index in [0.29, 0.717) is 10.6 Å². The van der Waals surface area contributed by atoms with Crippen LogP contribution < -0.4 is 10.6 Å². The zero-order valence-electron chi connectivity index (χ0n) is 10.9. The fourth-order valence-corrected chi connectivity index (χ4v) is 3.64. The molecule has 0 atom stereocenters. The molecule has 2 rings (SSSR count). The van der Waals surface area contributed by atoms with Crippen molar-refractivity contribution in [1.82, 2.24) is 5.32 Å². The molecule has 0 saturated carbocycles. The van der Waals surface area contributed by atoms with Crippen LogP contribution in [0, 0.1) is 0 Å². The molecule has 5 nitrogen and oxygen atoms in total. The highest BCUT2D eigenvalue weighted by atomic mass is 32.1.